The molecule has 1 aliphatic heterocycles. The lowest BCUT2D eigenvalue weighted by molar-refractivity contribution is -0.385. The minimum absolute atomic E-state index is 0.0953. The first-order valence-corrected chi connectivity index (χ1v) is 7.99. The molecule has 0 aromatic heterocycles. The first-order chi connectivity index (χ1) is 11.4. The fourth-order valence-electron chi connectivity index (χ4n) is 2.63. The molecule has 0 radical (unpaired) electrons. The SMILES string of the molecule is O=C(c1ccc(I)c([N+](=O)[O-])c1)N1CCc2ccc([N+](=O)[O-])cc21. The Hall–Kier alpha value is -2.56. The van der Waals surface area contributed by atoms with Gasteiger partial charge in [0.1, 0.15) is 0 Å². The van der Waals surface area contributed by atoms with Crippen LogP contribution in [0.1, 0.15) is 15.9 Å². The minimum atomic E-state index is -0.540. The highest BCUT2D eigenvalue weighted by molar-refractivity contribution is 14.1. The molecule has 0 aliphatic carbocycles. The van der Waals surface area contributed by atoms with Gasteiger partial charge in [-0.1, -0.05) is 6.07 Å². The highest BCUT2D eigenvalue weighted by Crippen LogP contribution is 2.33. The fraction of sp³-hybridized carbons (Fsp3) is 0.133. The van der Waals surface area contributed by atoms with Crippen LogP contribution in [0.25, 0.3) is 0 Å². The van der Waals surface area contributed by atoms with Crippen LogP contribution in [0.3, 0.4) is 0 Å². The molecule has 3 rings (SSSR count). The molecule has 0 saturated heterocycles. The Balaban J connectivity index is 1.99. The van der Waals surface area contributed by atoms with Crippen molar-refractivity contribution in [1.82, 2.24) is 0 Å². The van der Waals surface area contributed by atoms with Gasteiger partial charge in [0.25, 0.3) is 17.3 Å². The van der Waals surface area contributed by atoms with E-state index < -0.39 is 15.8 Å². The van der Waals surface area contributed by atoms with Crippen LogP contribution in [0.15, 0.2) is 36.4 Å². The Kier molecular flexibility index (Phi) is 4.18. The molecule has 1 heterocycles. The molecule has 0 unspecified atom stereocenters. The summed E-state index contributed by atoms with van der Waals surface area (Å²) in [7, 11) is 0. The van der Waals surface area contributed by atoms with Gasteiger partial charge in [0, 0.05) is 30.3 Å². The van der Waals surface area contributed by atoms with Gasteiger partial charge in [0.2, 0.25) is 0 Å². The number of rotatable bonds is 3. The number of nitro benzene ring substituents is 2. The van der Waals surface area contributed by atoms with Crippen LogP contribution in [-0.2, 0) is 6.42 Å². The summed E-state index contributed by atoms with van der Waals surface area (Å²) in [5, 5.41) is 22.0. The molecule has 8 nitrogen and oxygen atoms in total. The molecular weight excluding hydrogens is 429 g/mol. The number of fused-ring (bicyclic) bond motifs is 1. The van der Waals surface area contributed by atoms with E-state index in [4.69, 9.17) is 0 Å². The number of halogens is 1. The summed E-state index contributed by atoms with van der Waals surface area (Å²) >= 11 is 1.83. The second kappa shape index (κ2) is 6.15. The van der Waals surface area contributed by atoms with Crippen LogP contribution in [0.2, 0.25) is 0 Å². The van der Waals surface area contributed by atoms with E-state index in [1.54, 1.807) is 6.07 Å². The lowest BCUT2D eigenvalue weighted by Gasteiger charge is -2.17. The molecule has 0 fully saturated rings. The molecular formula is C15H10IN3O5. The fourth-order valence-corrected chi connectivity index (χ4v) is 3.17. The lowest BCUT2D eigenvalue weighted by Crippen LogP contribution is -2.29. The Morgan fingerprint density at radius 2 is 1.83 bits per heavy atom. The van der Waals surface area contributed by atoms with Gasteiger partial charge >= 0.3 is 0 Å². The molecule has 0 N–H and O–H groups in total. The number of nitrogens with zero attached hydrogens (tertiary/aromatic N) is 3. The number of benzene rings is 2. The maximum atomic E-state index is 12.7. The molecule has 24 heavy (non-hydrogen) atoms. The van der Waals surface area contributed by atoms with Gasteiger partial charge in [0.05, 0.1) is 19.1 Å². The standard InChI is InChI=1S/C15H10IN3O5/c16-12-4-2-10(7-14(12)19(23)24)15(20)17-6-5-9-1-3-11(18(21)22)8-13(9)17/h1-4,7-8H,5-6H2. The number of anilines is 1. The van der Waals surface area contributed by atoms with Crippen molar-refractivity contribution in [2.45, 2.75) is 6.42 Å². The molecule has 2 aromatic rings. The van der Waals surface area contributed by atoms with Crippen LogP contribution in [-0.4, -0.2) is 22.3 Å². The highest BCUT2D eigenvalue weighted by Gasteiger charge is 2.28. The van der Waals surface area contributed by atoms with Gasteiger partial charge in [0.15, 0.2) is 0 Å². The van der Waals surface area contributed by atoms with E-state index in [2.05, 4.69) is 0 Å². The molecule has 1 aliphatic rings. The number of amides is 1. The first-order valence-electron chi connectivity index (χ1n) is 6.91. The Morgan fingerprint density at radius 1 is 1.08 bits per heavy atom. The van der Waals surface area contributed by atoms with Gasteiger partial charge < -0.3 is 4.90 Å². The van der Waals surface area contributed by atoms with Gasteiger partial charge in [-0.05, 0) is 46.7 Å². The molecule has 0 saturated carbocycles. The van der Waals surface area contributed by atoms with Gasteiger partial charge in [-0.2, -0.15) is 0 Å². The van der Waals surface area contributed by atoms with Gasteiger partial charge in [-0.25, -0.2) is 0 Å². The van der Waals surface area contributed by atoms with Crippen molar-refractivity contribution in [3.8, 4) is 0 Å². The predicted molar refractivity (Wildman–Crippen MR) is 94.3 cm³/mol. The average Bonchev–Trinajstić information content (AvgIpc) is 2.97. The summed E-state index contributed by atoms with van der Waals surface area (Å²) in [6, 6.07) is 8.67. The molecule has 122 valence electrons. The summed E-state index contributed by atoms with van der Waals surface area (Å²) in [6.45, 7) is 0.384. The van der Waals surface area contributed by atoms with Crippen molar-refractivity contribution < 1.29 is 14.6 Å². The summed E-state index contributed by atoms with van der Waals surface area (Å²) in [6.07, 6.45) is 0.589. The second-order valence-electron chi connectivity index (χ2n) is 5.20. The normalized spacial score (nSPS) is 12.8. The van der Waals surface area contributed by atoms with E-state index in [0.29, 0.717) is 22.2 Å². The zero-order valence-electron chi connectivity index (χ0n) is 12.1. The van der Waals surface area contributed by atoms with E-state index in [0.717, 1.165) is 5.56 Å². The van der Waals surface area contributed by atoms with E-state index in [1.807, 2.05) is 22.6 Å². The third-order valence-electron chi connectivity index (χ3n) is 3.81. The third kappa shape index (κ3) is 2.82. The monoisotopic (exact) mass is 439 g/mol. The third-order valence-corrected chi connectivity index (χ3v) is 4.72. The molecule has 2 aromatic carbocycles. The van der Waals surface area contributed by atoms with Gasteiger partial charge in [-0.15, -0.1) is 0 Å². The highest BCUT2D eigenvalue weighted by atomic mass is 127. The average molecular weight is 439 g/mol. The molecule has 0 atom stereocenters. The maximum Gasteiger partial charge on any atom is 0.283 e. The summed E-state index contributed by atoms with van der Waals surface area (Å²) < 4.78 is 0.437. The molecule has 1 amide bonds. The van der Waals surface area contributed by atoms with Crippen molar-refractivity contribution in [3.05, 3.63) is 71.3 Å². The van der Waals surface area contributed by atoms with Crippen molar-refractivity contribution in [3.63, 3.8) is 0 Å². The van der Waals surface area contributed by atoms with E-state index in [9.17, 15) is 25.0 Å². The quantitative estimate of drug-likeness (QED) is 0.415. The zero-order chi connectivity index (χ0) is 17.4. The zero-order valence-corrected chi connectivity index (χ0v) is 14.3. The number of nitro groups is 2. The van der Waals surface area contributed by atoms with E-state index >= 15 is 0 Å². The van der Waals surface area contributed by atoms with Crippen molar-refractivity contribution in [2.24, 2.45) is 0 Å². The molecule has 9 heteroatoms. The Morgan fingerprint density at radius 3 is 2.50 bits per heavy atom. The van der Waals surface area contributed by atoms with Crippen LogP contribution in [0.5, 0.6) is 0 Å². The molecule has 0 spiro atoms. The Bertz CT molecular complexity index is 883. The van der Waals surface area contributed by atoms with Crippen molar-refractivity contribution in [1.29, 1.82) is 0 Å². The summed E-state index contributed by atoms with van der Waals surface area (Å²) in [5.74, 6) is -0.409. The summed E-state index contributed by atoms with van der Waals surface area (Å²) in [5.41, 5.74) is 1.27. The van der Waals surface area contributed by atoms with Crippen molar-refractivity contribution >= 4 is 45.6 Å². The topological polar surface area (TPSA) is 107 Å². The van der Waals surface area contributed by atoms with E-state index in [1.165, 1.54) is 35.2 Å². The number of hydrogen-bond acceptors (Lipinski definition) is 5. The lowest BCUT2D eigenvalue weighted by atomic mass is 10.1. The molecule has 0 bridgehead atoms. The second-order valence-corrected chi connectivity index (χ2v) is 6.36. The summed E-state index contributed by atoms with van der Waals surface area (Å²) in [4.78, 5) is 35.0. The van der Waals surface area contributed by atoms with Crippen LogP contribution >= 0.6 is 22.6 Å². The smallest absolute Gasteiger partial charge is 0.283 e. The number of hydrogen-bond donors (Lipinski definition) is 0. The van der Waals surface area contributed by atoms with Crippen LogP contribution < -0.4 is 4.90 Å². The maximum absolute atomic E-state index is 12.7. The Labute approximate surface area is 149 Å². The number of non-ortho nitro benzene ring substituents is 1. The van der Waals surface area contributed by atoms with Crippen LogP contribution in [0.4, 0.5) is 17.1 Å². The largest absolute Gasteiger partial charge is 0.307 e. The van der Waals surface area contributed by atoms with E-state index in [-0.39, 0.29) is 16.9 Å². The van der Waals surface area contributed by atoms with Crippen molar-refractivity contribution in [2.75, 3.05) is 11.4 Å². The van der Waals surface area contributed by atoms with Gasteiger partial charge in [-0.3, -0.25) is 25.0 Å². The number of carbonyl (C=O) groups is 1. The number of carbonyl (C=O) groups excluding carboxylic acids is 1. The minimum Gasteiger partial charge on any atom is -0.307 e. The first kappa shape index (κ1) is 16.3. The van der Waals surface area contributed by atoms with Crippen LogP contribution in [0, 0.1) is 23.8 Å². The predicted octanol–water partition coefficient (Wildman–Crippen LogP) is 3.31.